The Kier molecular flexibility index (Phi) is 20.1. The first kappa shape index (κ1) is 75.2. The molecule has 6 nitrogen and oxygen atoms in total. The van der Waals surface area contributed by atoms with Gasteiger partial charge in [-0.3, -0.25) is 0 Å². The van der Waals surface area contributed by atoms with Crippen LogP contribution in [0.15, 0.2) is 485 Å². The standard InChI is InChI=1S/C69H49N3.C49H37N3/c1-48-28-40-62-53(44-48)20-14-26-64(62)65-27-15-21-54-45-59(37-41-63(54)65)72-68-42-38-60(70(55-22-10-4-11-23-55)57-33-29-51(30-34-57)49-16-6-2-7-17-49)46-66(68)67-47-61(39-43-69(67)72)71(56-24-12-5-13-25-56)58-35-31-52(32-36-58)50-18-8-3-9-19-50;1-50-48-32-30-44(51(40-18-10-4-11-19-40)42-26-22-38(23-27-42)36-14-6-2-7-15-36)34-46(48)47-35-45(31-33-49(47)50)52(41-20-12-5-13-21-41)43-28-24-39(25-29-43)37-16-8-3-9-17-37/h2-47H,1H3;2-35H,1H3. The van der Waals surface area contributed by atoms with Gasteiger partial charge in [-0.05, 0) is 266 Å². The van der Waals surface area contributed by atoms with Crippen LogP contribution in [0.5, 0.6) is 0 Å². The van der Waals surface area contributed by atoms with Gasteiger partial charge in [-0.25, -0.2) is 0 Å². The van der Waals surface area contributed by atoms with Crippen LogP contribution in [-0.4, -0.2) is 9.13 Å². The zero-order chi connectivity index (χ0) is 82.8. The maximum Gasteiger partial charge on any atom is 0.0542 e. The highest BCUT2D eigenvalue weighted by atomic mass is 15.2. The number of hydrogen-bond donors (Lipinski definition) is 0. The average molecular weight is 1590 g/mol. The van der Waals surface area contributed by atoms with E-state index in [1.165, 1.54) is 115 Å². The van der Waals surface area contributed by atoms with Gasteiger partial charge in [0.25, 0.3) is 0 Å². The molecule has 2 aromatic heterocycles. The normalized spacial score (nSPS) is 11.3. The lowest BCUT2D eigenvalue weighted by atomic mass is 9.93. The van der Waals surface area contributed by atoms with Crippen molar-refractivity contribution in [3.05, 3.63) is 491 Å². The van der Waals surface area contributed by atoms with E-state index in [9.17, 15) is 0 Å². The fraction of sp³-hybridized carbons (Fsp3) is 0.0169. The van der Waals surface area contributed by atoms with Crippen LogP contribution in [0.4, 0.5) is 68.2 Å². The van der Waals surface area contributed by atoms with Crippen LogP contribution < -0.4 is 19.6 Å². The molecule has 0 radical (unpaired) electrons. The maximum atomic E-state index is 2.45. The number of fused-ring (bicyclic) bond motifs is 8. The summed E-state index contributed by atoms with van der Waals surface area (Å²) in [5, 5.41) is 9.71. The van der Waals surface area contributed by atoms with Crippen molar-refractivity contribution in [1.29, 1.82) is 0 Å². The summed E-state index contributed by atoms with van der Waals surface area (Å²) in [6.07, 6.45) is 0. The molecule has 0 aliphatic heterocycles. The fourth-order valence-electron chi connectivity index (χ4n) is 18.1. The monoisotopic (exact) mass is 1590 g/mol. The largest absolute Gasteiger partial charge is 0.344 e. The number of nitrogens with zero attached hydrogens (tertiary/aromatic N) is 6. The molecule has 0 fully saturated rings. The van der Waals surface area contributed by atoms with Gasteiger partial charge in [0.05, 0.1) is 11.0 Å². The third-order valence-corrected chi connectivity index (χ3v) is 24.2. The van der Waals surface area contributed by atoms with Gasteiger partial charge < -0.3 is 28.7 Å². The molecule has 588 valence electrons. The Hall–Kier alpha value is -16.3. The predicted molar refractivity (Wildman–Crippen MR) is 527 cm³/mol. The molecule has 6 heteroatoms. The Morgan fingerprint density at radius 2 is 0.411 bits per heavy atom. The molecule has 22 aromatic rings. The summed E-state index contributed by atoms with van der Waals surface area (Å²) in [7, 11) is 2.17. The molecular weight excluding hydrogens is 1500 g/mol. The van der Waals surface area contributed by atoms with E-state index in [-0.39, 0.29) is 0 Å². The summed E-state index contributed by atoms with van der Waals surface area (Å²) in [5.74, 6) is 0. The molecule has 0 saturated carbocycles. The molecule has 0 aliphatic carbocycles. The minimum absolute atomic E-state index is 1.08. The Bertz CT molecular complexity index is 7190. The molecule has 0 saturated heterocycles. The number of rotatable bonds is 18. The van der Waals surface area contributed by atoms with Crippen molar-refractivity contribution in [1.82, 2.24) is 9.13 Å². The molecule has 124 heavy (non-hydrogen) atoms. The van der Waals surface area contributed by atoms with Crippen LogP contribution in [0.25, 0.3) is 126 Å². The van der Waals surface area contributed by atoms with Crippen LogP contribution in [0, 0.1) is 6.92 Å². The molecule has 22 rings (SSSR count). The van der Waals surface area contributed by atoms with Crippen molar-refractivity contribution in [3.8, 4) is 61.3 Å². The number of hydrogen-bond acceptors (Lipinski definition) is 4. The Morgan fingerprint density at radius 1 is 0.169 bits per heavy atom. The van der Waals surface area contributed by atoms with Gasteiger partial charge in [0.15, 0.2) is 0 Å². The summed E-state index contributed by atoms with van der Waals surface area (Å²) >= 11 is 0. The smallest absolute Gasteiger partial charge is 0.0542 e. The van der Waals surface area contributed by atoms with Crippen LogP contribution in [-0.2, 0) is 7.05 Å². The lowest BCUT2D eigenvalue weighted by Crippen LogP contribution is -2.10. The summed E-state index contributed by atoms with van der Waals surface area (Å²) in [5.41, 5.74) is 32.3. The summed E-state index contributed by atoms with van der Waals surface area (Å²) in [6, 6.07) is 175. The number of aromatic nitrogens is 2. The molecule has 0 N–H and O–H groups in total. The number of aryl methyl sites for hydroxylation is 2. The topological polar surface area (TPSA) is 22.8 Å². The van der Waals surface area contributed by atoms with Gasteiger partial charge in [0, 0.05) is 114 Å². The highest BCUT2D eigenvalue weighted by Crippen LogP contribution is 2.48. The minimum Gasteiger partial charge on any atom is -0.344 e. The Balaban J connectivity index is 0.000000160. The number of anilines is 12. The second kappa shape index (κ2) is 33.1. The molecular formula is C118H86N6. The molecule has 0 bridgehead atoms. The van der Waals surface area contributed by atoms with Crippen molar-refractivity contribution in [2.24, 2.45) is 7.05 Å². The van der Waals surface area contributed by atoms with E-state index in [0.717, 1.165) is 85.0 Å². The Labute approximate surface area is 723 Å². The zero-order valence-electron chi connectivity index (χ0n) is 68.9. The van der Waals surface area contributed by atoms with E-state index >= 15 is 0 Å². The number of benzene rings is 20. The van der Waals surface area contributed by atoms with Gasteiger partial charge in [0.1, 0.15) is 0 Å². The lowest BCUT2D eigenvalue weighted by Gasteiger charge is -2.26. The van der Waals surface area contributed by atoms with Gasteiger partial charge in [0.2, 0.25) is 0 Å². The van der Waals surface area contributed by atoms with Crippen molar-refractivity contribution >= 4 is 133 Å². The van der Waals surface area contributed by atoms with E-state index in [4.69, 9.17) is 0 Å². The van der Waals surface area contributed by atoms with Gasteiger partial charge in [-0.1, -0.05) is 309 Å². The molecule has 2 heterocycles. The predicted octanol–water partition coefficient (Wildman–Crippen LogP) is 32.9. The average Bonchev–Trinajstić information content (AvgIpc) is 1.58. The first-order valence-electron chi connectivity index (χ1n) is 42.5. The summed E-state index contributed by atoms with van der Waals surface area (Å²) < 4.78 is 4.76. The molecule has 0 aliphatic rings. The molecule has 0 unspecified atom stereocenters. The first-order chi connectivity index (χ1) is 61.3. The van der Waals surface area contributed by atoms with Crippen molar-refractivity contribution in [2.75, 3.05) is 19.6 Å². The van der Waals surface area contributed by atoms with Gasteiger partial charge in [-0.15, -0.1) is 0 Å². The van der Waals surface area contributed by atoms with Crippen molar-refractivity contribution < 1.29 is 0 Å². The quantitative estimate of drug-likeness (QED) is 0.0854. The maximum absolute atomic E-state index is 2.45. The van der Waals surface area contributed by atoms with Crippen LogP contribution in [0.3, 0.4) is 0 Å². The van der Waals surface area contributed by atoms with E-state index in [2.05, 4.69) is 528 Å². The van der Waals surface area contributed by atoms with Crippen molar-refractivity contribution in [2.45, 2.75) is 6.92 Å². The van der Waals surface area contributed by atoms with Gasteiger partial charge in [-0.2, -0.15) is 0 Å². The minimum atomic E-state index is 1.08. The van der Waals surface area contributed by atoms with Crippen LogP contribution in [0.2, 0.25) is 0 Å². The molecule has 0 atom stereocenters. The summed E-state index contributed by atoms with van der Waals surface area (Å²) in [6.45, 7) is 2.16. The lowest BCUT2D eigenvalue weighted by molar-refractivity contribution is 1.01. The van der Waals surface area contributed by atoms with Crippen LogP contribution in [0.1, 0.15) is 5.56 Å². The SMILES string of the molecule is Cc1ccc2c(-c3cccc4cc(-n5c6ccc(N(c7ccccc7)c7ccc(-c8ccccc8)cc7)cc6c6cc(N(c7ccccc7)c7ccc(-c8ccccc8)cc7)ccc65)ccc34)cccc2c1.Cn1c2ccc(N(c3ccccc3)c3ccc(-c4ccccc4)cc3)cc2c2cc(N(c3ccccc3)c3ccc(-c4ccccc4)cc3)ccc21. The third kappa shape index (κ3) is 14.6. The van der Waals surface area contributed by atoms with Crippen molar-refractivity contribution in [3.63, 3.8) is 0 Å². The second-order valence-electron chi connectivity index (χ2n) is 31.8. The van der Waals surface area contributed by atoms with E-state index in [1.54, 1.807) is 0 Å². The summed E-state index contributed by atoms with van der Waals surface area (Å²) in [4.78, 5) is 9.44. The van der Waals surface area contributed by atoms with E-state index < -0.39 is 0 Å². The molecule has 20 aromatic carbocycles. The number of para-hydroxylation sites is 4. The van der Waals surface area contributed by atoms with E-state index in [0.29, 0.717) is 0 Å². The highest BCUT2D eigenvalue weighted by Gasteiger charge is 2.24. The first-order valence-corrected chi connectivity index (χ1v) is 42.5. The fourth-order valence-corrected chi connectivity index (χ4v) is 18.1. The van der Waals surface area contributed by atoms with Crippen LogP contribution >= 0.6 is 0 Å². The second-order valence-corrected chi connectivity index (χ2v) is 31.8. The van der Waals surface area contributed by atoms with E-state index in [1.807, 2.05) is 0 Å². The molecule has 0 spiro atoms. The van der Waals surface area contributed by atoms with Gasteiger partial charge >= 0.3 is 0 Å². The molecule has 0 amide bonds. The Morgan fingerprint density at radius 3 is 0.718 bits per heavy atom. The zero-order valence-corrected chi connectivity index (χ0v) is 68.9. The third-order valence-electron chi connectivity index (χ3n) is 24.2. The highest BCUT2D eigenvalue weighted by molar-refractivity contribution is 6.14.